The second-order valence-corrected chi connectivity index (χ2v) is 4.56. The van der Waals surface area contributed by atoms with Crippen molar-refractivity contribution < 1.29 is 9.59 Å². The predicted octanol–water partition coefficient (Wildman–Crippen LogP) is 1.64. The van der Waals surface area contributed by atoms with Gasteiger partial charge in [0.05, 0.1) is 5.92 Å². The van der Waals surface area contributed by atoms with Gasteiger partial charge in [0.1, 0.15) is 0 Å². The van der Waals surface area contributed by atoms with Gasteiger partial charge in [0.2, 0.25) is 11.8 Å². The van der Waals surface area contributed by atoms with Crippen molar-refractivity contribution >= 4 is 17.5 Å². The van der Waals surface area contributed by atoms with E-state index < -0.39 is 0 Å². The van der Waals surface area contributed by atoms with Crippen molar-refractivity contribution in [3.8, 4) is 0 Å². The van der Waals surface area contributed by atoms with E-state index in [0.717, 1.165) is 11.3 Å². The van der Waals surface area contributed by atoms with Crippen molar-refractivity contribution in [1.29, 1.82) is 0 Å². The molecule has 1 aromatic rings. The number of para-hydroxylation sites is 1. The molecule has 0 saturated carbocycles. The number of fused-ring (bicyclic) bond motifs is 1. The Morgan fingerprint density at radius 3 is 2.82 bits per heavy atom. The number of carbonyl (C=O) groups is 2. The van der Waals surface area contributed by atoms with Gasteiger partial charge in [0.15, 0.2) is 0 Å². The van der Waals surface area contributed by atoms with Crippen molar-refractivity contribution in [3.63, 3.8) is 0 Å². The molecule has 4 heteroatoms. The van der Waals surface area contributed by atoms with Crippen LogP contribution in [0, 0.1) is 0 Å². The molecule has 0 bridgehead atoms. The summed E-state index contributed by atoms with van der Waals surface area (Å²) in [5.41, 5.74) is 1.73. The van der Waals surface area contributed by atoms with E-state index in [2.05, 4.69) is 10.6 Å². The van der Waals surface area contributed by atoms with Gasteiger partial charge in [-0.1, -0.05) is 18.2 Å². The zero-order valence-electron chi connectivity index (χ0n) is 9.99. The fraction of sp³-hybridized carbons (Fsp3) is 0.385. The molecule has 1 heterocycles. The fourth-order valence-electron chi connectivity index (χ4n) is 2.04. The summed E-state index contributed by atoms with van der Waals surface area (Å²) in [6.07, 6.45) is 0.209. The summed E-state index contributed by atoms with van der Waals surface area (Å²) in [4.78, 5) is 23.4. The van der Waals surface area contributed by atoms with Crippen LogP contribution in [0.25, 0.3) is 0 Å². The second kappa shape index (κ2) is 4.57. The molecule has 2 rings (SSSR count). The number of amides is 2. The smallest absolute Gasteiger partial charge is 0.232 e. The third-order valence-electron chi connectivity index (χ3n) is 2.75. The van der Waals surface area contributed by atoms with Crippen LogP contribution < -0.4 is 10.6 Å². The molecule has 2 amide bonds. The zero-order valence-corrected chi connectivity index (χ0v) is 9.99. The zero-order chi connectivity index (χ0) is 12.4. The first kappa shape index (κ1) is 11.6. The van der Waals surface area contributed by atoms with Crippen molar-refractivity contribution in [3.05, 3.63) is 29.8 Å². The Labute approximate surface area is 100 Å². The number of hydrogen-bond donors (Lipinski definition) is 2. The van der Waals surface area contributed by atoms with Crippen molar-refractivity contribution in [2.45, 2.75) is 32.2 Å². The van der Waals surface area contributed by atoms with Crippen molar-refractivity contribution in [2.75, 3.05) is 5.32 Å². The first-order valence-corrected chi connectivity index (χ1v) is 5.77. The summed E-state index contributed by atoms with van der Waals surface area (Å²) in [5, 5.41) is 5.59. The first-order valence-electron chi connectivity index (χ1n) is 5.77. The Hall–Kier alpha value is -1.84. The van der Waals surface area contributed by atoms with Gasteiger partial charge in [-0.15, -0.1) is 0 Å². The van der Waals surface area contributed by atoms with Crippen LogP contribution in [0.15, 0.2) is 24.3 Å². The highest BCUT2D eigenvalue weighted by molar-refractivity contribution is 6.04. The lowest BCUT2D eigenvalue weighted by Gasteiger charge is -2.11. The maximum Gasteiger partial charge on any atom is 0.232 e. The SMILES string of the molecule is CC(C)NC(=O)CC1C(=O)Nc2ccccc21. The van der Waals surface area contributed by atoms with Gasteiger partial charge in [-0.2, -0.15) is 0 Å². The highest BCUT2D eigenvalue weighted by Gasteiger charge is 2.31. The lowest BCUT2D eigenvalue weighted by Crippen LogP contribution is -2.32. The van der Waals surface area contributed by atoms with Gasteiger partial charge in [0.25, 0.3) is 0 Å². The predicted molar refractivity (Wildman–Crippen MR) is 65.7 cm³/mol. The van der Waals surface area contributed by atoms with Gasteiger partial charge >= 0.3 is 0 Å². The van der Waals surface area contributed by atoms with Gasteiger partial charge in [0, 0.05) is 18.2 Å². The van der Waals surface area contributed by atoms with Crippen LogP contribution in [0.4, 0.5) is 5.69 Å². The molecule has 0 spiro atoms. The highest BCUT2D eigenvalue weighted by atomic mass is 16.2. The standard InChI is InChI=1S/C13H16N2O2/c1-8(2)14-12(16)7-10-9-5-3-4-6-11(9)15-13(10)17/h3-6,8,10H,7H2,1-2H3,(H,14,16)(H,15,17). The maximum atomic E-state index is 11.8. The number of anilines is 1. The lowest BCUT2D eigenvalue weighted by molar-refractivity contribution is -0.125. The Morgan fingerprint density at radius 1 is 1.41 bits per heavy atom. The minimum absolute atomic E-state index is 0.0862. The molecule has 0 fully saturated rings. The molecule has 4 nitrogen and oxygen atoms in total. The molecule has 90 valence electrons. The molecule has 1 unspecified atom stereocenters. The van der Waals surface area contributed by atoms with E-state index in [1.807, 2.05) is 38.1 Å². The molecular formula is C13H16N2O2. The monoisotopic (exact) mass is 232 g/mol. The average molecular weight is 232 g/mol. The van der Waals surface area contributed by atoms with Gasteiger partial charge < -0.3 is 10.6 Å². The summed E-state index contributed by atoms with van der Waals surface area (Å²) in [6, 6.07) is 7.60. The van der Waals surface area contributed by atoms with Crippen LogP contribution >= 0.6 is 0 Å². The minimum atomic E-state index is -0.357. The van der Waals surface area contributed by atoms with Crippen molar-refractivity contribution in [1.82, 2.24) is 5.32 Å². The van der Waals surface area contributed by atoms with Crippen LogP contribution in [0.1, 0.15) is 31.7 Å². The fourth-order valence-corrected chi connectivity index (χ4v) is 2.04. The third kappa shape index (κ3) is 2.46. The number of rotatable bonds is 3. The summed E-state index contributed by atoms with van der Waals surface area (Å²) >= 11 is 0. The number of benzene rings is 1. The first-order chi connectivity index (χ1) is 8.08. The largest absolute Gasteiger partial charge is 0.354 e. The lowest BCUT2D eigenvalue weighted by atomic mass is 9.97. The van der Waals surface area contributed by atoms with Crippen LogP contribution in [-0.4, -0.2) is 17.9 Å². The van der Waals surface area contributed by atoms with Gasteiger partial charge in [-0.05, 0) is 25.5 Å². The van der Waals surface area contributed by atoms with Gasteiger partial charge in [-0.25, -0.2) is 0 Å². The number of carbonyl (C=O) groups excluding carboxylic acids is 2. The molecular weight excluding hydrogens is 216 g/mol. The van der Waals surface area contributed by atoms with E-state index in [1.54, 1.807) is 0 Å². The molecule has 0 radical (unpaired) electrons. The Kier molecular flexibility index (Phi) is 3.13. The molecule has 1 aliphatic heterocycles. The van der Waals surface area contributed by atoms with Crippen LogP contribution in [0.2, 0.25) is 0 Å². The van der Waals surface area contributed by atoms with Crippen LogP contribution in [0.5, 0.6) is 0 Å². The van der Waals surface area contributed by atoms with E-state index >= 15 is 0 Å². The summed E-state index contributed by atoms with van der Waals surface area (Å²) in [6.45, 7) is 3.81. The Bertz CT molecular complexity index is 454. The van der Waals surface area contributed by atoms with E-state index in [9.17, 15) is 9.59 Å². The molecule has 0 aliphatic carbocycles. The van der Waals surface area contributed by atoms with Crippen LogP contribution in [-0.2, 0) is 9.59 Å². The summed E-state index contributed by atoms with van der Waals surface area (Å²) in [5.74, 6) is -0.535. The minimum Gasteiger partial charge on any atom is -0.354 e. The van der Waals surface area contributed by atoms with E-state index in [-0.39, 0.29) is 30.2 Å². The quantitative estimate of drug-likeness (QED) is 0.832. The Morgan fingerprint density at radius 2 is 2.12 bits per heavy atom. The molecule has 1 aliphatic rings. The van der Waals surface area contributed by atoms with E-state index in [0.29, 0.717) is 0 Å². The number of hydrogen-bond acceptors (Lipinski definition) is 2. The normalized spacial score (nSPS) is 17.8. The highest BCUT2D eigenvalue weighted by Crippen LogP contribution is 2.34. The molecule has 17 heavy (non-hydrogen) atoms. The van der Waals surface area contributed by atoms with Crippen molar-refractivity contribution in [2.24, 2.45) is 0 Å². The Balaban J connectivity index is 2.12. The molecule has 2 N–H and O–H groups in total. The topological polar surface area (TPSA) is 58.2 Å². The molecule has 1 atom stereocenters. The average Bonchev–Trinajstić information content (AvgIpc) is 2.55. The summed E-state index contributed by atoms with van der Waals surface area (Å²) in [7, 11) is 0. The van der Waals surface area contributed by atoms with Crippen LogP contribution in [0.3, 0.4) is 0 Å². The molecule has 0 aromatic heterocycles. The molecule has 1 aromatic carbocycles. The number of nitrogens with one attached hydrogen (secondary N) is 2. The third-order valence-corrected chi connectivity index (χ3v) is 2.75. The summed E-state index contributed by atoms with van der Waals surface area (Å²) < 4.78 is 0. The second-order valence-electron chi connectivity index (χ2n) is 4.56. The van der Waals surface area contributed by atoms with Gasteiger partial charge in [-0.3, -0.25) is 9.59 Å². The van der Waals surface area contributed by atoms with E-state index in [4.69, 9.17) is 0 Å². The van der Waals surface area contributed by atoms with E-state index in [1.165, 1.54) is 0 Å². The maximum absolute atomic E-state index is 11.8. The molecule has 0 saturated heterocycles.